The minimum absolute atomic E-state index is 0.0162. The molecule has 0 aliphatic rings. The molecule has 1 aromatic heterocycles. The zero-order valence-corrected chi connectivity index (χ0v) is 14.9. The Bertz CT molecular complexity index is 839. The van der Waals surface area contributed by atoms with Crippen molar-refractivity contribution in [2.75, 3.05) is 5.32 Å². The molecule has 1 heterocycles. The summed E-state index contributed by atoms with van der Waals surface area (Å²) in [4.78, 5) is 31.6. The summed E-state index contributed by atoms with van der Waals surface area (Å²) in [7, 11) is 0. The summed E-state index contributed by atoms with van der Waals surface area (Å²) in [6.45, 7) is 6.85. The Morgan fingerprint density at radius 2 is 1.96 bits per heavy atom. The molecule has 0 aliphatic heterocycles. The molecule has 0 radical (unpaired) electrons. The van der Waals surface area contributed by atoms with Crippen LogP contribution >= 0.6 is 0 Å². The van der Waals surface area contributed by atoms with Gasteiger partial charge in [-0.2, -0.15) is 0 Å². The molecule has 8 heteroatoms. The molecule has 0 aliphatic carbocycles. The number of amides is 1. The van der Waals surface area contributed by atoms with Gasteiger partial charge < -0.3 is 15.2 Å². The summed E-state index contributed by atoms with van der Waals surface area (Å²) < 4.78 is 19.1. The van der Waals surface area contributed by atoms with Crippen molar-refractivity contribution in [2.24, 2.45) is 0 Å². The van der Waals surface area contributed by atoms with Crippen molar-refractivity contribution in [3.8, 4) is 5.75 Å². The van der Waals surface area contributed by atoms with E-state index < -0.39 is 23.8 Å². The van der Waals surface area contributed by atoms with Crippen molar-refractivity contribution in [2.45, 2.75) is 39.7 Å². The summed E-state index contributed by atoms with van der Waals surface area (Å²) in [6, 6.07) is 3.75. The topological polar surface area (TPSA) is 101 Å². The van der Waals surface area contributed by atoms with E-state index in [0.29, 0.717) is 17.1 Å². The Balaban J connectivity index is 2.20. The van der Waals surface area contributed by atoms with Crippen molar-refractivity contribution in [1.82, 2.24) is 9.97 Å². The molecule has 0 fully saturated rings. The smallest absolute Gasteiger partial charge is 0.344 e. The highest BCUT2D eigenvalue weighted by atomic mass is 19.1. The van der Waals surface area contributed by atoms with Gasteiger partial charge in [-0.3, -0.25) is 4.79 Å². The number of nitrogens with one attached hydrogen (secondary N) is 1. The largest absolute Gasteiger partial charge is 0.479 e. The molecule has 0 spiro atoms. The third kappa shape index (κ3) is 4.53. The number of hydrogen-bond acceptors (Lipinski definition) is 5. The van der Waals surface area contributed by atoms with Crippen LogP contribution in [0.15, 0.2) is 24.4 Å². The van der Waals surface area contributed by atoms with Crippen molar-refractivity contribution in [3.63, 3.8) is 0 Å². The van der Waals surface area contributed by atoms with Gasteiger partial charge in [0.05, 0.1) is 11.3 Å². The number of aromatic nitrogens is 2. The van der Waals surface area contributed by atoms with E-state index in [1.165, 1.54) is 25.3 Å². The molecule has 0 bridgehead atoms. The Morgan fingerprint density at radius 3 is 2.54 bits per heavy atom. The zero-order chi connectivity index (χ0) is 19.4. The fourth-order valence-corrected chi connectivity index (χ4v) is 2.22. The fraction of sp³-hybridized carbons (Fsp3) is 0.333. The minimum atomic E-state index is -1.21. The maximum absolute atomic E-state index is 14.1. The number of aryl methyl sites for hydroxylation is 1. The van der Waals surface area contributed by atoms with Crippen LogP contribution in [0.2, 0.25) is 0 Å². The van der Waals surface area contributed by atoms with Crippen LogP contribution in [0.3, 0.4) is 0 Å². The number of carbonyl (C=O) groups is 2. The Kier molecular flexibility index (Phi) is 5.86. The molecule has 2 rings (SSSR count). The van der Waals surface area contributed by atoms with Crippen molar-refractivity contribution < 1.29 is 23.8 Å². The van der Waals surface area contributed by atoms with E-state index >= 15 is 0 Å². The number of nitrogens with zero attached hydrogens (tertiary/aromatic N) is 2. The van der Waals surface area contributed by atoms with Gasteiger partial charge in [-0.15, -0.1) is 0 Å². The predicted molar refractivity (Wildman–Crippen MR) is 92.9 cm³/mol. The van der Waals surface area contributed by atoms with Crippen molar-refractivity contribution in [3.05, 3.63) is 47.3 Å². The zero-order valence-electron chi connectivity index (χ0n) is 14.9. The molecule has 0 saturated heterocycles. The van der Waals surface area contributed by atoms with E-state index in [1.54, 1.807) is 6.92 Å². The highest BCUT2D eigenvalue weighted by molar-refractivity contribution is 6.05. The number of halogens is 1. The van der Waals surface area contributed by atoms with Gasteiger partial charge in [0.1, 0.15) is 5.82 Å². The van der Waals surface area contributed by atoms with E-state index in [4.69, 9.17) is 9.84 Å². The van der Waals surface area contributed by atoms with Gasteiger partial charge in [0.2, 0.25) is 0 Å². The van der Waals surface area contributed by atoms with Gasteiger partial charge in [0, 0.05) is 18.0 Å². The first-order valence-electron chi connectivity index (χ1n) is 8.03. The van der Waals surface area contributed by atoms with Crippen LogP contribution in [-0.2, 0) is 4.79 Å². The van der Waals surface area contributed by atoms with E-state index in [9.17, 15) is 14.0 Å². The van der Waals surface area contributed by atoms with Crippen LogP contribution in [0.1, 0.15) is 48.6 Å². The highest BCUT2D eigenvalue weighted by Crippen LogP contribution is 2.24. The molecule has 1 aromatic carbocycles. The van der Waals surface area contributed by atoms with Gasteiger partial charge in [0.25, 0.3) is 5.91 Å². The lowest BCUT2D eigenvalue weighted by atomic mass is 10.0. The lowest BCUT2D eigenvalue weighted by molar-refractivity contribution is -0.144. The number of rotatable bonds is 6. The molecule has 0 saturated carbocycles. The number of carboxylic acids is 1. The first-order valence-corrected chi connectivity index (χ1v) is 8.03. The number of carboxylic acid groups (broad SMARTS) is 1. The molecule has 1 atom stereocenters. The summed E-state index contributed by atoms with van der Waals surface area (Å²) >= 11 is 0. The third-order valence-electron chi connectivity index (χ3n) is 3.57. The van der Waals surface area contributed by atoms with Crippen LogP contribution in [0.5, 0.6) is 5.75 Å². The lowest BCUT2D eigenvalue weighted by Gasteiger charge is -2.14. The standard InChI is InChI=1S/C18H20FN3O4/c1-9(2)16-13(8-20-11(4)21-16)17(23)22-12-5-6-15(14(19)7-12)26-10(3)18(24)25/h5-10H,1-4H3,(H,22,23)(H,24,25). The number of benzene rings is 1. The summed E-state index contributed by atoms with van der Waals surface area (Å²) in [5.41, 5.74) is 1.12. The molecular formula is C18H20FN3O4. The van der Waals surface area contributed by atoms with Crippen LogP contribution < -0.4 is 10.1 Å². The van der Waals surface area contributed by atoms with Crippen LogP contribution in [-0.4, -0.2) is 33.1 Å². The second-order valence-electron chi connectivity index (χ2n) is 6.07. The van der Waals surface area contributed by atoms with Crippen LogP contribution in [0, 0.1) is 12.7 Å². The molecule has 2 N–H and O–H groups in total. The second-order valence-corrected chi connectivity index (χ2v) is 6.07. The second kappa shape index (κ2) is 7.90. The van der Waals surface area contributed by atoms with Gasteiger partial charge >= 0.3 is 5.97 Å². The summed E-state index contributed by atoms with van der Waals surface area (Å²) in [5, 5.41) is 11.4. The van der Waals surface area contributed by atoms with Crippen LogP contribution in [0.4, 0.5) is 10.1 Å². The first kappa shape index (κ1) is 19.3. The maximum Gasteiger partial charge on any atom is 0.344 e. The molecular weight excluding hydrogens is 341 g/mol. The van der Waals surface area contributed by atoms with Crippen molar-refractivity contribution >= 4 is 17.6 Å². The number of anilines is 1. The van der Waals surface area contributed by atoms with E-state index in [-0.39, 0.29) is 17.4 Å². The number of carbonyl (C=O) groups excluding carboxylic acids is 1. The SMILES string of the molecule is Cc1ncc(C(=O)Nc2ccc(OC(C)C(=O)O)c(F)c2)c(C(C)C)n1. The number of hydrogen-bond donors (Lipinski definition) is 2. The summed E-state index contributed by atoms with van der Waals surface area (Å²) in [5.74, 6) is -2.07. The maximum atomic E-state index is 14.1. The average molecular weight is 361 g/mol. The highest BCUT2D eigenvalue weighted by Gasteiger charge is 2.18. The molecule has 7 nitrogen and oxygen atoms in total. The Morgan fingerprint density at radius 1 is 1.27 bits per heavy atom. The van der Waals surface area contributed by atoms with E-state index in [1.807, 2.05) is 13.8 Å². The fourth-order valence-electron chi connectivity index (χ4n) is 2.22. The molecule has 2 aromatic rings. The third-order valence-corrected chi connectivity index (χ3v) is 3.57. The molecule has 1 amide bonds. The minimum Gasteiger partial charge on any atom is -0.479 e. The Labute approximate surface area is 150 Å². The van der Waals surface area contributed by atoms with Crippen molar-refractivity contribution in [1.29, 1.82) is 0 Å². The Hall–Kier alpha value is -3.03. The average Bonchev–Trinajstić information content (AvgIpc) is 2.56. The molecule has 1 unspecified atom stereocenters. The monoisotopic (exact) mass is 361 g/mol. The lowest BCUT2D eigenvalue weighted by Crippen LogP contribution is -2.23. The van der Waals surface area contributed by atoms with Gasteiger partial charge in [-0.25, -0.2) is 19.2 Å². The van der Waals surface area contributed by atoms with Gasteiger partial charge in [0.15, 0.2) is 17.7 Å². The van der Waals surface area contributed by atoms with Gasteiger partial charge in [-0.1, -0.05) is 13.8 Å². The van der Waals surface area contributed by atoms with Crippen LogP contribution in [0.25, 0.3) is 0 Å². The quantitative estimate of drug-likeness (QED) is 0.819. The summed E-state index contributed by atoms with van der Waals surface area (Å²) in [6.07, 6.45) is 0.248. The molecule has 138 valence electrons. The normalized spacial score (nSPS) is 11.9. The number of aliphatic carboxylic acids is 1. The first-order chi connectivity index (χ1) is 12.2. The van der Waals surface area contributed by atoms with E-state index in [2.05, 4.69) is 15.3 Å². The van der Waals surface area contributed by atoms with Gasteiger partial charge in [-0.05, 0) is 31.9 Å². The molecule has 26 heavy (non-hydrogen) atoms. The predicted octanol–water partition coefficient (Wildman–Crippen LogP) is 3.15. The number of ether oxygens (including phenoxy) is 1. The van der Waals surface area contributed by atoms with E-state index in [0.717, 1.165) is 6.07 Å².